The van der Waals surface area contributed by atoms with Gasteiger partial charge in [-0.2, -0.15) is 0 Å². The molecule has 1 aliphatic rings. The molecule has 1 saturated heterocycles. The van der Waals surface area contributed by atoms with Crippen molar-refractivity contribution in [2.75, 3.05) is 40.5 Å². The van der Waals surface area contributed by atoms with Gasteiger partial charge in [0.15, 0.2) is 5.96 Å². The SMILES string of the molecule is CN=C(NCc1cccc(OCCN(C)C2CCOCC2)c1)NC(C)C. The smallest absolute Gasteiger partial charge is 0.191 e. The number of likely N-dealkylation sites (N-methyl/N-ethyl adjacent to an activating group) is 1. The third-order valence-corrected chi connectivity index (χ3v) is 4.53. The van der Waals surface area contributed by atoms with Gasteiger partial charge in [0.1, 0.15) is 12.4 Å². The first kappa shape index (κ1) is 20.5. The lowest BCUT2D eigenvalue weighted by Gasteiger charge is -2.31. The molecule has 1 aromatic rings. The van der Waals surface area contributed by atoms with E-state index in [0.29, 0.717) is 25.2 Å². The minimum atomic E-state index is 0.351. The maximum Gasteiger partial charge on any atom is 0.191 e. The lowest BCUT2D eigenvalue weighted by molar-refractivity contribution is 0.0392. The van der Waals surface area contributed by atoms with Crippen molar-refractivity contribution < 1.29 is 9.47 Å². The molecule has 146 valence electrons. The van der Waals surface area contributed by atoms with Gasteiger partial charge in [-0.05, 0) is 51.4 Å². The molecule has 1 aliphatic heterocycles. The highest BCUT2D eigenvalue weighted by molar-refractivity contribution is 5.79. The Hall–Kier alpha value is -1.79. The van der Waals surface area contributed by atoms with Crippen LogP contribution in [0.3, 0.4) is 0 Å². The summed E-state index contributed by atoms with van der Waals surface area (Å²) in [6.45, 7) is 8.28. The van der Waals surface area contributed by atoms with Crippen LogP contribution in [0.25, 0.3) is 0 Å². The maximum atomic E-state index is 5.96. The van der Waals surface area contributed by atoms with Gasteiger partial charge < -0.3 is 20.1 Å². The van der Waals surface area contributed by atoms with Crippen LogP contribution in [0.15, 0.2) is 29.3 Å². The first-order valence-electron chi connectivity index (χ1n) is 9.55. The number of nitrogens with zero attached hydrogens (tertiary/aromatic N) is 2. The normalized spacial score (nSPS) is 16.2. The predicted molar refractivity (Wildman–Crippen MR) is 107 cm³/mol. The van der Waals surface area contributed by atoms with Crippen LogP contribution in [0.4, 0.5) is 0 Å². The Morgan fingerprint density at radius 1 is 1.35 bits per heavy atom. The Balaban J connectivity index is 1.75. The summed E-state index contributed by atoms with van der Waals surface area (Å²) in [5.41, 5.74) is 1.17. The molecule has 0 radical (unpaired) electrons. The van der Waals surface area contributed by atoms with Crippen molar-refractivity contribution in [1.29, 1.82) is 0 Å². The maximum absolute atomic E-state index is 5.96. The van der Waals surface area contributed by atoms with Gasteiger partial charge in [0.2, 0.25) is 0 Å². The minimum absolute atomic E-state index is 0.351. The second-order valence-corrected chi connectivity index (χ2v) is 7.04. The molecule has 0 amide bonds. The average molecular weight is 363 g/mol. The van der Waals surface area contributed by atoms with Gasteiger partial charge >= 0.3 is 0 Å². The van der Waals surface area contributed by atoms with Crippen molar-refractivity contribution in [3.05, 3.63) is 29.8 Å². The van der Waals surface area contributed by atoms with Gasteiger partial charge in [-0.15, -0.1) is 0 Å². The molecule has 2 rings (SSSR count). The summed E-state index contributed by atoms with van der Waals surface area (Å²) in [7, 11) is 3.96. The minimum Gasteiger partial charge on any atom is -0.492 e. The molecule has 0 saturated carbocycles. The Bertz CT molecular complexity index is 556. The molecule has 6 heteroatoms. The van der Waals surface area contributed by atoms with Crippen molar-refractivity contribution in [2.45, 2.75) is 45.3 Å². The first-order valence-corrected chi connectivity index (χ1v) is 9.55. The van der Waals surface area contributed by atoms with Gasteiger partial charge in [-0.3, -0.25) is 9.89 Å². The molecular formula is C20H34N4O2. The fourth-order valence-corrected chi connectivity index (χ4v) is 3.02. The lowest BCUT2D eigenvalue weighted by Crippen LogP contribution is -2.40. The highest BCUT2D eigenvalue weighted by Gasteiger charge is 2.17. The third-order valence-electron chi connectivity index (χ3n) is 4.53. The van der Waals surface area contributed by atoms with Gasteiger partial charge in [-0.1, -0.05) is 12.1 Å². The van der Waals surface area contributed by atoms with Crippen molar-refractivity contribution in [1.82, 2.24) is 15.5 Å². The van der Waals surface area contributed by atoms with Crippen LogP contribution in [-0.4, -0.2) is 63.4 Å². The molecule has 6 nitrogen and oxygen atoms in total. The van der Waals surface area contributed by atoms with Crippen molar-refractivity contribution >= 4 is 5.96 Å². The van der Waals surface area contributed by atoms with E-state index in [1.54, 1.807) is 7.05 Å². The van der Waals surface area contributed by atoms with E-state index in [2.05, 4.69) is 53.6 Å². The summed E-state index contributed by atoms with van der Waals surface area (Å²) in [6, 6.07) is 9.19. The lowest BCUT2D eigenvalue weighted by atomic mass is 10.1. The van der Waals surface area contributed by atoms with E-state index in [-0.39, 0.29) is 0 Å². The van der Waals surface area contributed by atoms with Gasteiger partial charge in [-0.25, -0.2) is 0 Å². The van der Waals surface area contributed by atoms with Crippen LogP contribution in [-0.2, 0) is 11.3 Å². The predicted octanol–water partition coefficient (Wildman–Crippen LogP) is 2.25. The molecule has 0 atom stereocenters. The van der Waals surface area contributed by atoms with Gasteiger partial charge in [0.25, 0.3) is 0 Å². The monoisotopic (exact) mass is 362 g/mol. The fraction of sp³-hybridized carbons (Fsp3) is 0.650. The summed E-state index contributed by atoms with van der Waals surface area (Å²) in [5, 5.41) is 6.61. The number of nitrogens with one attached hydrogen (secondary N) is 2. The zero-order valence-corrected chi connectivity index (χ0v) is 16.6. The van der Waals surface area contributed by atoms with E-state index >= 15 is 0 Å². The fourth-order valence-electron chi connectivity index (χ4n) is 3.02. The molecule has 0 bridgehead atoms. The summed E-state index contributed by atoms with van der Waals surface area (Å²) in [6.07, 6.45) is 2.23. The molecule has 0 spiro atoms. The number of hydrogen-bond donors (Lipinski definition) is 2. The largest absolute Gasteiger partial charge is 0.492 e. The second kappa shape index (κ2) is 11.0. The molecule has 0 unspecified atom stereocenters. The van der Waals surface area contributed by atoms with Crippen molar-refractivity contribution in [3.8, 4) is 5.75 Å². The van der Waals surface area contributed by atoms with Crippen molar-refractivity contribution in [3.63, 3.8) is 0 Å². The number of rotatable bonds is 8. The quantitative estimate of drug-likeness (QED) is 0.549. The number of ether oxygens (including phenoxy) is 2. The number of hydrogen-bond acceptors (Lipinski definition) is 4. The highest BCUT2D eigenvalue weighted by atomic mass is 16.5. The van der Waals surface area contributed by atoms with Crippen LogP contribution >= 0.6 is 0 Å². The van der Waals surface area contributed by atoms with E-state index in [9.17, 15) is 0 Å². The Kier molecular flexibility index (Phi) is 8.71. The molecule has 1 fully saturated rings. The second-order valence-electron chi connectivity index (χ2n) is 7.04. The summed E-state index contributed by atoms with van der Waals surface area (Å²) >= 11 is 0. The highest BCUT2D eigenvalue weighted by Crippen LogP contribution is 2.15. The van der Waals surface area contributed by atoms with E-state index in [4.69, 9.17) is 9.47 Å². The van der Waals surface area contributed by atoms with Crippen LogP contribution in [0, 0.1) is 0 Å². The molecule has 26 heavy (non-hydrogen) atoms. The average Bonchev–Trinajstić information content (AvgIpc) is 2.66. The van der Waals surface area contributed by atoms with Gasteiger partial charge in [0, 0.05) is 45.4 Å². The molecule has 1 heterocycles. The van der Waals surface area contributed by atoms with E-state index in [1.165, 1.54) is 5.56 Å². The Morgan fingerprint density at radius 2 is 2.12 bits per heavy atom. The molecule has 0 aromatic heterocycles. The topological polar surface area (TPSA) is 58.1 Å². The van der Waals surface area contributed by atoms with Crippen molar-refractivity contribution in [2.24, 2.45) is 4.99 Å². The van der Waals surface area contributed by atoms with Crippen LogP contribution in [0.1, 0.15) is 32.3 Å². The van der Waals surface area contributed by atoms with E-state index in [0.717, 1.165) is 44.3 Å². The van der Waals surface area contributed by atoms with Crippen LogP contribution in [0.2, 0.25) is 0 Å². The zero-order valence-electron chi connectivity index (χ0n) is 16.6. The first-order chi connectivity index (χ1) is 12.6. The summed E-state index contributed by atoms with van der Waals surface area (Å²) < 4.78 is 11.4. The summed E-state index contributed by atoms with van der Waals surface area (Å²) in [5.74, 6) is 1.72. The molecular weight excluding hydrogens is 328 g/mol. The van der Waals surface area contributed by atoms with Crippen LogP contribution in [0.5, 0.6) is 5.75 Å². The Morgan fingerprint density at radius 3 is 2.81 bits per heavy atom. The third kappa shape index (κ3) is 7.22. The number of guanidine groups is 1. The van der Waals surface area contributed by atoms with E-state index in [1.807, 2.05) is 12.1 Å². The molecule has 2 N–H and O–H groups in total. The zero-order chi connectivity index (χ0) is 18.8. The Labute approximate surface area is 158 Å². The number of benzene rings is 1. The van der Waals surface area contributed by atoms with Gasteiger partial charge in [0.05, 0.1) is 0 Å². The summed E-state index contributed by atoms with van der Waals surface area (Å²) in [4.78, 5) is 6.61. The van der Waals surface area contributed by atoms with E-state index < -0.39 is 0 Å². The standard InChI is InChI=1S/C20H34N4O2/c1-16(2)23-20(21-3)22-15-17-6-5-7-19(14-17)26-13-10-24(4)18-8-11-25-12-9-18/h5-7,14,16,18H,8-13,15H2,1-4H3,(H2,21,22,23). The molecule has 1 aromatic carbocycles. The molecule has 0 aliphatic carbocycles. The number of aliphatic imine (C=N–C) groups is 1. The van der Waals surface area contributed by atoms with Crippen LogP contribution < -0.4 is 15.4 Å².